The molecule has 0 radical (unpaired) electrons. The van der Waals surface area contributed by atoms with E-state index in [-0.39, 0.29) is 5.78 Å². The van der Waals surface area contributed by atoms with Crippen LogP contribution in [-0.4, -0.2) is 10.8 Å². The average Bonchev–Trinajstić information content (AvgIpc) is 3.28. The summed E-state index contributed by atoms with van der Waals surface area (Å²) in [5, 5.41) is 4.09. The van der Waals surface area contributed by atoms with Gasteiger partial charge in [0.25, 0.3) is 0 Å². The zero-order valence-corrected chi connectivity index (χ0v) is 15.6. The van der Waals surface area contributed by atoms with E-state index in [1.54, 1.807) is 24.5 Å². The number of alkyl halides is 3. The first kappa shape index (κ1) is 18.4. The monoisotopic (exact) mass is 408 g/mol. The lowest BCUT2D eigenvalue weighted by Gasteiger charge is -2.10. The highest BCUT2D eigenvalue weighted by Crippen LogP contribution is 2.41. The lowest BCUT2D eigenvalue weighted by molar-refractivity contribution is -0.137. The predicted octanol–water partition coefficient (Wildman–Crippen LogP) is 6.39. The fraction of sp³-hybridized carbons (Fsp3) is 0.130. The summed E-state index contributed by atoms with van der Waals surface area (Å²) in [6.45, 7) is 0. The van der Waals surface area contributed by atoms with Gasteiger partial charge in [0.05, 0.1) is 17.4 Å². The van der Waals surface area contributed by atoms with E-state index in [1.165, 1.54) is 12.1 Å². The molecule has 2 aromatic carbocycles. The summed E-state index contributed by atoms with van der Waals surface area (Å²) in [5.74, 6) is 0.560. The van der Waals surface area contributed by atoms with Gasteiger partial charge in [-0.1, -0.05) is 12.1 Å². The van der Waals surface area contributed by atoms with Crippen LogP contribution in [0, 0.1) is 0 Å². The second-order valence-electron chi connectivity index (χ2n) is 7.17. The maximum atomic E-state index is 12.9. The third-order valence-corrected chi connectivity index (χ3v) is 5.26. The lowest BCUT2D eigenvalue weighted by Crippen LogP contribution is -2.04. The minimum Gasteiger partial charge on any atom is -0.452 e. The van der Waals surface area contributed by atoms with Crippen molar-refractivity contribution in [3.05, 3.63) is 77.6 Å². The van der Waals surface area contributed by atoms with Crippen molar-refractivity contribution in [2.75, 3.05) is 5.32 Å². The second kappa shape index (κ2) is 6.73. The minimum atomic E-state index is -4.40. The number of anilines is 2. The lowest BCUT2D eigenvalue weighted by atomic mass is 10.1. The molecule has 1 N–H and O–H groups in total. The molecule has 0 bridgehead atoms. The molecule has 0 spiro atoms. The number of pyridine rings is 1. The molecule has 0 saturated carbocycles. The zero-order valence-electron chi connectivity index (χ0n) is 15.6. The summed E-state index contributed by atoms with van der Waals surface area (Å²) in [7, 11) is 0. The number of aromatic nitrogens is 1. The number of halogens is 3. The van der Waals surface area contributed by atoms with Crippen LogP contribution in [0.5, 0.6) is 0 Å². The van der Waals surface area contributed by atoms with Crippen LogP contribution in [0.25, 0.3) is 22.3 Å². The Morgan fingerprint density at radius 1 is 1.00 bits per heavy atom. The summed E-state index contributed by atoms with van der Waals surface area (Å²) in [6, 6.07) is 12.2. The molecule has 0 amide bonds. The molecule has 4 nitrogen and oxygen atoms in total. The number of furan rings is 1. The zero-order chi connectivity index (χ0) is 20.9. The van der Waals surface area contributed by atoms with E-state index < -0.39 is 11.7 Å². The minimum absolute atomic E-state index is 0.141. The van der Waals surface area contributed by atoms with Crippen molar-refractivity contribution in [3.8, 4) is 11.3 Å². The molecule has 0 atom stereocenters. The van der Waals surface area contributed by atoms with Gasteiger partial charge in [-0.2, -0.15) is 13.2 Å². The standard InChI is InChI=1S/C23H15F3N2O2/c24-23(25,26)15-4-1-13(2-5-15)22-21(18-9-10-27-12-20(18)30-22)28-16-6-7-17-14(11-16)3-8-19(17)29/h1-2,4-7,9-12,28H,3,8H2. The van der Waals surface area contributed by atoms with Crippen molar-refractivity contribution in [1.82, 2.24) is 4.98 Å². The number of hydrogen-bond acceptors (Lipinski definition) is 4. The van der Waals surface area contributed by atoms with Gasteiger partial charge in [0.15, 0.2) is 17.1 Å². The molecular weight excluding hydrogens is 393 g/mol. The van der Waals surface area contributed by atoms with Crippen LogP contribution in [-0.2, 0) is 12.6 Å². The number of hydrogen-bond donors (Lipinski definition) is 1. The first-order chi connectivity index (χ1) is 14.4. The van der Waals surface area contributed by atoms with Gasteiger partial charge in [0.1, 0.15) is 0 Å². The number of fused-ring (bicyclic) bond motifs is 2. The highest BCUT2D eigenvalue weighted by atomic mass is 19.4. The Balaban J connectivity index is 1.59. The number of nitrogens with one attached hydrogen (secondary N) is 1. The van der Waals surface area contributed by atoms with Crippen LogP contribution in [0.1, 0.15) is 27.9 Å². The van der Waals surface area contributed by atoms with Gasteiger partial charge in [-0.15, -0.1) is 0 Å². The van der Waals surface area contributed by atoms with E-state index in [0.717, 1.165) is 34.3 Å². The topological polar surface area (TPSA) is 55.1 Å². The van der Waals surface area contributed by atoms with E-state index in [4.69, 9.17) is 4.42 Å². The molecule has 0 fully saturated rings. The summed E-state index contributed by atoms with van der Waals surface area (Å²) in [5.41, 5.74) is 3.44. The number of Topliss-reactive ketones (excluding diaryl/α,β-unsaturated/α-hetero) is 1. The molecule has 30 heavy (non-hydrogen) atoms. The van der Waals surface area contributed by atoms with Crippen LogP contribution in [0.15, 0.2) is 65.3 Å². The molecule has 0 aliphatic heterocycles. The van der Waals surface area contributed by atoms with Gasteiger partial charge >= 0.3 is 6.18 Å². The Bertz CT molecular complexity index is 1270. The molecule has 1 aliphatic carbocycles. The average molecular weight is 408 g/mol. The number of ketones is 1. The van der Waals surface area contributed by atoms with Crippen molar-refractivity contribution < 1.29 is 22.4 Å². The normalized spacial score (nSPS) is 13.6. The molecular formula is C23H15F3N2O2. The van der Waals surface area contributed by atoms with Crippen molar-refractivity contribution in [2.45, 2.75) is 19.0 Å². The van der Waals surface area contributed by atoms with E-state index >= 15 is 0 Å². The highest BCUT2D eigenvalue weighted by molar-refractivity contribution is 6.02. The summed E-state index contributed by atoms with van der Waals surface area (Å²) >= 11 is 0. The van der Waals surface area contributed by atoms with Crippen molar-refractivity contribution >= 4 is 28.1 Å². The predicted molar refractivity (Wildman–Crippen MR) is 107 cm³/mol. The van der Waals surface area contributed by atoms with Crippen molar-refractivity contribution in [2.24, 2.45) is 0 Å². The molecule has 2 heterocycles. The number of aryl methyl sites for hydroxylation is 1. The van der Waals surface area contributed by atoms with Gasteiger partial charge < -0.3 is 9.73 Å². The van der Waals surface area contributed by atoms with E-state index in [9.17, 15) is 18.0 Å². The summed E-state index contributed by atoms with van der Waals surface area (Å²) in [4.78, 5) is 15.9. The van der Waals surface area contributed by atoms with E-state index in [0.29, 0.717) is 35.4 Å². The van der Waals surface area contributed by atoms with Crippen molar-refractivity contribution in [1.29, 1.82) is 0 Å². The smallest absolute Gasteiger partial charge is 0.416 e. The Hall–Kier alpha value is -3.61. The third-order valence-electron chi connectivity index (χ3n) is 5.26. The summed E-state index contributed by atoms with van der Waals surface area (Å²) < 4.78 is 44.7. The Morgan fingerprint density at radius 3 is 2.57 bits per heavy atom. The Labute approximate surface area is 169 Å². The number of benzene rings is 2. The maximum Gasteiger partial charge on any atom is 0.416 e. The van der Waals surface area contributed by atoms with Crippen LogP contribution in [0.3, 0.4) is 0 Å². The fourth-order valence-corrected chi connectivity index (χ4v) is 3.77. The summed E-state index contributed by atoms with van der Waals surface area (Å²) in [6.07, 6.45) is -0.00293. The van der Waals surface area contributed by atoms with Gasteiger partial charge in [-0.05, 0) is 48.4 Å². The largest absolute Gasteiger partial charge is 0.452 e. The van der Waals surface area contributed by atoms with Crippen LogP contribution < -0.4 is 5.32 Å². The Kier molecular flexibility index (Phi) is 4.13. The molecule has 0 unspecified atom stereocenters. The number of carbonyl (C=O) groups excluding carboxylic acids is 1. The Morgan fingerprint density at radius 2 is 1.80 bits per heavy atom. The van der Waals surface area contributed by atoms with Crippen LogP contribution >= 0.6 is 0 Å². The fourth-order valence-electron chi connectivity index (χ4n) is 3.77. The first-order valence-corrected chi connectivity index (χ1v) is 9.37. The highest BCUT2D eigenvalue weighted by Gasteiger charge is 2.30. The third kappa shape index (κ3) is 3.12. The molecule has 1 aliphatic rings. The van der Waals surface area contributed by atoms with E-state index in [2.05, 4.69) is 10.3 Å². The van der Waals surface area contributed by atoms with Crippen LogP contribution in [0.4, 0.5) is 24.5 Å². The molecule has 5 rings (SSSR count). The number of carbonyl (C=O) groups is 1. The van der Waals surface area contributed by atoms with Gasteiger partial charge in [0.2, 0.25) is 0 Å². The quantitative estimate of drug-likeness (QED) is 0.427. The van der Waals surface area contributed by atoms with E-state index in [1.807, 2.05) is 12.1 Å². The number of nitrogens with zero attached hydrogens (tertiary/aromatic N) is 1. The molecule has 0 saturated heterocycles. The maximum absolute atomic E-state index is 12.9. The van der Waals surface area contributed by atoms with Gasteiger partial charge in [-0.25, -0.2) is 0 Å². The molecule has 4 aromatic rings. The van der Waals surface area contributed by atoms with Crippen LogP contribution in [0.2, 0.25) is 0 Å². The van der Waals surface area contributed by atoms with Crippen molar-refractivity contribution in [3.63, 3.8) is 0 Å². The number of rotatable bonds is 3. The second-order valence-corrected chi connectivity index (χ2v) is 7.17. The SMILES string of the molecule is O=C1CCc2cc(Nc3c(-c4ccc(C(F)(F)F)cc4)oc4cnccc34)ccc21. The molecule has 2 aromatic heterocycles. The van der Waals surface area contributed by atoms with Gasteiger partial charge in [0, 0.05) is 34.8 Å². The van der Waals surface area contributed by atoms with Gasteiger partial charge in [-0.3, -0.25) is 9.78 Å². The molecule has 7 heteroatoms. The first-order valence-electron chi connectivity index (χ1n) is 9.37. The molecule has 150 valence electrons.